The highest BCUT2D eigenvalue weighted by atomic mass is 16.4. The van der Waals surface area contributed by atoms with Crippen molar-refractivity contribution in [2.24, 2.45) is 11.7 Å². The van der Waals surface area contributed by atoms with E-state index < -0.39 is 5.97 Å². The van der Waals surface area contributed by atoms with Gasteiger partial charge in [0.2, 0.25) is 0 Å². The van der Waals surface area contributed by atoms with E-state index in [-0.39, 0.29) is 24.2 Å². The van der Waals surface area contributed by atoms with Gasteiger partial charge >= 0.3 is 5.97 Å². The Kier molecular flexibility index (Phi) is 6.96. The molecule has 0 rings (SSSR count). The molecule has 0 spiro atoms. The Bertz CT molecular complexity index is 214. The van der Waals surface area contributed by atoms with E-state index in [1.165, 1.54) is 0 Å². The highest BCUT2D eigenvalue weighted by molar-refractivity contribution is 5.83. The molecule has 0 bridgehead atoms. The number of hydrogen-bond donors (Lipinski definition) is 2. The van der Waals surface area contributed by atoms with Crippen molar-refractivity contribution >= 4 is 11.8 Å². The summed E-state index contributed by atoms with van der Waals surface area (Å²) in [5.41, 5.74) is 5.68. The molecule has 3 N–H and O–H groups in total. The maximum absolute atomic E-state index is 11.4. The van der Waals surface area contributed by atoms with E-state index in [1.807, 2.05) is 13.8 Å². The number of carbonyl (C=O) groups excluding carboxylic acids is 1. The fourth-order valence-corrected chi connectivity index (χ4v) is 1.29. The lowest BCUT2D eigenvalue weighted by molar-refractivity contribution is -0.137. The van der Waals surface area contributed by atoms with Gasteiger partial charge in [-0.1, -0.05) is 20.3 Å². The molecule has 1 atom stereocenters. The van der Waals surface area contributed by atoms with Gasteiger partial charge in [0.1, 0.15) is 5.78 Å². The van der Waals surface area contributed by atoms with Crippen molar-refractivity contribution in [3.63, 3.8) is 0 Å². The van der Waals surface area contributed by atoms with E-state index in [0.717, 1.165) is 12.8 Å². The van der Waals surface area contributed by atoms with Crippen LogP contribution in [0, 0.1) is 5.92 Å². The standard InChI is InChI=1S/C11H21NO3/c1-8(2)11(12)9(13)6-4-3-5-7-10(14)15/h8,11H,3-7,12H2,1-2H3,(H,14,15)/t11-/m0/s1. The third kappa shape index (κ3) is 7.08. The molecule has 4 nitrogen and oxygen atoms in total. The molecule has 0 aromatic heterocycles. The molecule has 0 saturated carbocycles. The van der Waals surface area contributed by atoms with Crippen molar-refractivity contribution in [2.45, 2.75) is 52.0 Å². The van der Waals surface area contributed by atoms with E-state index in [4.69, 9.17) is 10.8 Å². The zero-order valence-electron chi connectivity index (χ0n) is 9.53. The summed E-state index contributed by atoms with van der Waals surface area (Å²) in [5.74, 6) is -0.517. The lowest BCUT2D eigenvalue weighted by Crippen LogP contribution is -2.35. The quantitative estimate of drug-likeness (QED) is 0.602. The zero-order chi connectivity index (χ0) is 11.8. The fourth-order valence-electron chi connectivity index (χ4n) is 1.29. The van der Waals surface area contributed by atoms with Gasteiger partial charge in [-0.3, -0.25) is 9.59 Å². The van der Waals surface area contributed by atoms with Gasteiger partial charge in [-0.05, 0) is 18.8 Å². The molecular weight excluding hydrogens is 194 g/mol. The van der Waals surface area contributed by atoms with Gasteiger partial charge in [-0.2, -0.15) is 0 Å². The van der Waals surface area contributed by atoms with E-state index in [2.05, 4.69) is 0 Å². The summed E-state index contributed by atoms with van der Waals surface area (Å²) in [4.78, 5) is 21.6. The van der Waals surface area contributed by atoms with E-state index in [0.29, 0.717) is 12.8 Å². The molecule has 0 amide bonds. The highest BCUT2D eigenvalue weighted by Gasteiger charge is 2.16. The Balaban J connectivity index is 3.51. The second-order valence-electron chi connectivity index (χ2n) is 4.19. The van der Waals surface area contributed by atoms with Crippen LogP contribution in [0.15, 0.2) is 0 Å². The Morgan fingerprint density at radius 3 is 2.13 bits per heavy atom. The van der Waals surface area contributed by atoms with Crippen LogP contribution < -0.4 is 5.73 Å². The van der Waals surface area contributed by atoms with Crippen LogP contribution in [-0.4, -0.2) is 22.9 Å². The smallest absolute Gasteiger partial charge is 0.303 e. The monoisotopic (exact) mass is 215 g/mol. The van der Waals surface area contributed by atoms with Crippen LogP contribution >= 0.6 is 0 Å². The molecule has 4 heteroatoms. The maximum Gasteiger partial charge on any atom is 0.303 e. The first-order chi connectivity index (χ1) is 6.95. The van der Waals surface area contributed by atoms with Crippen LogP contribution in [0.2, 0.25) is 0 Å². The van der Waals surface area contributed by atoms with E-state index in [9.17, 15) is 9.59 Å². The number of unbranched alkanes of at least 4 members (excludes halogenated alkanes) is 2. The highest BCUT2D eigenvalue weighted by Crippen LogP contribution is 2.08. The summed E-state index contributed by atoms with van der Waals surface area (Å²) >= 11 is 0. The molecule has 0 aliphatic carbocycles. The molecular formula is C11H21NO3. The number of carbonyl (C=O) groups is 2. The minimum absolute atomic E-state index is 0.0836. The van der Waals surface area contributed by atoms with Gasteiger partial charge in [0.15, 0.2) is 0 Å². The first-order valence-electron chi connectivity index (χ1n) is 5.45. The largest absolute Gasteiger partial charge is 0.481 e. The number of Topliss-reactive ketones (excluding diaryl/α,β-unsaturated/α-hetero) is 1. The first kappa shape index (κ1) is 14.1. The van der Waals surface area contributed by atoms with Gasteiger partial charge < -0.3 is 10.8 Å². The number of ketones is 1. The topological polar surface area (TPSA) is 80.4 Å². The van der Waals surface area contributed by atoms with Crippen molar-refractivity contribution in [3.8, 4) is 0 Å². The van der Waals surface area contributed by atoms with Crippen LogP contribution in [0.4, 0.5) is 0 Å². The lowest BCUT2D eigenvalue weighted by Gasteiger charge is -2.13. The van der Waals surface area contributed by atoms with Gasteiger partial charge in [0.05, 0.1) is 6.04 Å². The molecule has 0 fully saturated rings. The molecule has 88 valence electrons. The van der Waals surface area contributed by atoms with E-state index in [1.54, 1.807) is 0 Å². The van der Waals surface area contributed by atoms with Crippen molar-refractivity contribution < 1.29 is 14.7 Å². The predicted octanol–water partition coefficient (Wildman–Crippen LogP) is 1.57. The Hall–Kier alpha value is -0.900. The lowest BCUT2D eigenvalue weighted by atomic mass is 9.97. The summed E-state index contributed by atoms with van der Waals surface area (Å²) in [5, 5.41) is 8.40. The fraction of sp³-hybridized carbons (Fsp3) is 0.818. The normalized spacial score (nSPS) is 12.8. The number of rotatable bonds is 8. The Morgan fingerprint density at radius 2 is 1.67 bits per heavy atom. The third-order valence-corrected chi connectivity index (χ3v) is 2.40. The average molecular weight is 215 g/mol. The van der Waals surface area contributed by atoms with Crippen molar-refractivity contribution in [1.29, 1.82) is 0 Å². The van der Waals surface area contributed by atoms with Gasteiger partial charge in [-0.25, -0.2) is 0 Å². The van der Waals surface area contributed by atoms with Crippen LogP contribution in [0.1, 0.15) is 46.0 Å². The summed E-state index contributed by atoms with van der Waals surface area (Å²) in [6.07, 6.45) is 2.82. The van der Waals surface area contributed by atoms with Gasteiger partial charge in [-0.15, -0.1) is 0 Å². The van der Waals surface area contributed by atoms with Crippen molar-refractivity contribution in [3.05, 3.63) is 0 Å². The molecule has 0 saturated heterocycles. The third-order valence-electron chi connectivity index (χ3n) is 2.40. The molecule has 0 aliphatic rings. The second-order valence-corrected chi connectivity index (χ2v) is 4.19. The molecule has 0 aromatic rings. The molecule has 0 aromatic carbocycles. The maximum atomic E-state index is 11.4. The van der Waals surface area contributed by atoms with E-state index >= 15 is 0 Å². The number of carboxylic acids is 1. The molecule has 15 heavy (non-hydrogen) atoms. The SMILES string of the molecule is CC(C)[C@H](N)C(=O)CCCCCC(=O)O. The first-order valence-corrected chi connectivity index (χ1v) is 5.45. The number of carboxylic acid groups (broad SMARTS) is 1. The van der Waals surface area contributed by atoms with Crippen molar-refractivity contribution in [1.82, 2.24) is 0 Å². The predicted molar refractivity (Wildman–Crippen MR) is 58.5 cm³/mol. The van der Waals surface area contributed by atoms with Crippen LogP contribution in [0.5, 0.6) is 0 Å². The molecule has 0 unspecified atom stereocenters. The summed E-state index contributed by atoms with van der Waals surface area (Å²) in [6.45, 7) is 3.85. The number of nitrogens with two attached hydrogens (primary N) is 1. The van der Waals surface area contributed by atoms with Crippen molar-refractivity contribution in [2.75, 3.05) is 0 Å². The van der Waals surface area contributed by atoms with Crippen LogP contribution in [0.3, 0.4) is 0 Å². The average Bonchev–Trinajstić information content (AvgIpc) is 2.15. The zero-order valence-corrected chi connectivity index (χ0v) is 9.53. The summed E-state index contributed by atoms with van der Waals surface area (Å²) in [7, 11) is 0. The number of aliphatic carboxylic acids is 1. The molecule has 0 aliphatic heterocycles. The minimum atomic E-state index is -0.778. The summed E-state index contributed by atoms with van der Waals surface area (Å²) < 4.78 is 0. The minimum Gasteiger partial charge on any atom is -0.481 e. The number of hydrogen-bond acceptors (Lipinski definition) is 3. The van der Waals surface area contributed by atoms with Crippen LogP contribution in [0.25, 0.3) is 0 Å². The Labute approximate surface area is 90.8 Å². The van der Waals surface area contributed by atoms with Gasteiger partial charge in [0.25, 0.3) is 0 Å². The second kappa shape index (κ2) is 7.40. The van der Waals surface area contributed by atoms with Crippen LogP contribution in [-0.2, 0) is 9.59 Å². The molecule has 0 heterocycles. The summed E-state index contributed by atoms with van der Waals surface area (Å²) in [6, 6.07) is -0.371. The molecule has 0 radical (unpaired) electrons. The Morgan fingerprint density at radius 1 is 1.13 bits per heavy atom. The van der Waals surface area contributed by atoms with Gasteiger partial charge in [0, 0.05) is 12.8 Å².